The van der Waals surface area contributed by atoms with Crippen LogP contribution < -0.4 is 10.1 Å². The first-order valence-corrected chi connectivity index (χ1v) is 12.7. The number of nitrogens with zero attached hydrogens (tertiary/aromatic N) is 1. The maximum Gasteiger partial charge on any atom is 0.338 e. The molecule has 0 saturated carbocycles. The van der Waals surface area contributed by atoms with Crippen LogP contribution in [-0.2, 0) is 9.53 Å². The molecular weight excluding hydrogens is 552 g/mol. The highest BCUT2D eigenvalue weighted by Gasteiger charge is 2.30. The fourth-order valence-corrected chi connectivity index (χ4v) is 4.76. The van der Waals surface area contributed by atoms with Crippen molar-refractivity contribution in [1.29, 1.82) is 0 Å². The molecule has 8 heteroatoms. The number of rotatable bonds is 8. The predicted octanol–water partition coefficient (Wildman–Crippen LogP) is 6.39. The van der Waals surface area contributed by atoms with E-state index in [9.17, 15) is 9.59 Å². The van der Waals surface area contributed by atoms with E-state index in [0.29, 0.717) is 27.8 Å². The molecule has 0 aromatic heterocycles. The van der Waals surface area contributed by atoms with Crippen molar-refractivity contribution in [2.75, 3.05) is 19.5 Å². The Morgan fingerprint density at radius 3 is 2.22 bits per heavy atom. The van der Waals surface area contributed by atoms with Crippen LogP contribution in [0.4, 0.5) is 0 Å². The number of benzene rings is 3. The summed E-state index contributed by atoms with van der Waals surface area (Å²) >= 11 is 1.32. The summed E-state index contributed by atoms with van der Waals surface area (Å²) in [6, 6.07) is 24.6. The van der Waals surface area contributed by atoms with E-state index in [2.05, 4.69) is 5.32 Å². The molecule has 0 aliphatic carbocycles. The summed E-state index contributed by atoms with van der Waals surface area (Å²) in [5.41, 5.74) is 4.76. The number of allylic oxidation sites excluding steroid dienone is 1. The molecular formula is C29H29BrN2O4S. The van der Waals surface area contributed by atoms with Crippen LogP contribution in [0.1, 0.15) is 35.8 Å². The smallest absolute Gasteiger partial charge is 0.338 e. The lowest BCUT2D eigenvalue weighted by atomic mass is 9.96. The van der Waals surface area contributed by atoms with Crippen molar-refractivity contribution in [1.82, 2.24) is 5.32 Å². The average Bonchev–Trinajstić information content (AvgIpc) is 2.92. The molecule has 1 unspecified atom stereocenters. The second kappa shape index (κ2) is 13.3. The summed E-state index contributed by atoms with van der Waals surface area (Å²) in [5.74, 6) is 0.524. The van der Waals surface area contributed by atoms with Gasteiger partial charge in [-0.15, -0.1) is 17.0 Å². The number of carbonyl (C=O) groups excluding carboxylic acids is 2. The van der Waals surface area contributed by atoms with Gasteiger partial charge in [-0.1, -0.05) is 78.5 Å². The molecule has 1 aliphatic heterocycles. The van der Waals surface area contributed by atoms with Crippen LogP contribution in [0.5, 0.6) is 5.75 Å². The minimum Gasteiger partial charge on any atom is -0.497 e. The van der Waals surface area contributed by atoms with Crippen LogP contribution in [0.15, 0.2) is 95.1 Å². The molecule has 37 heavy (non-hydrogen) atoms. The SMILES string of the molecule is Br.CCOC(=O)C1=C(C)NC(SCC(=O)c2ccc(-c3ccccc3)cc2)=NC1c1ccc(OC)cc1. The summed E-state index contributed by atoms with van der Waals surface area (Å²) in [7, 11) is 1.60. The molecule has 4 rings (SSSR count). The Morgan fingerprint density at radius 2 is 1.59 bits per heavy atom. The molecule has 1 heterocycles. The van der Waals surface area contributed by atoms with Gasteiger partial charge in [-0.05, 0) is 42.7 Å². The first-order chi connectivity index (χ1) is 17.5. The Hall–Kier alpha value is -3.36. The summed E-state index contributed by atoms with van der Waals surface area (Å²) < 4.78 is 10.5. The van der Waals surface area contributed by atoms with Crippen LogP contribution in [0.2, 0.25) is 0 Å². The normalized spacial score (nSPS) is 14.7. The standard InChI is InChI=1S/C29H28N2O4S.BrH/c1-4-35-28(33)26-19(2)30-29(31-27(26)23-14-16-24(34-3)17-15-23)36-18-25(32)22-12-10-21(11-13-22)20-8-6-5-7-9-20;/h5-17,27H,4,18H2,1-3H3,(H,30,31);1H. The van der Waals surface area contributed by atoms with E-state index in [0.717, 1.165) is 16.7 Å². The molecule has 192 valence electrons. The van der Waals surface area contributed by atoms with Gasteiger partial charge in [0.15, 0.2) is 11.0 Å². The summed E-state index contributed by atoms with van der Waals surface area (Å²) in [4.78, 5) is 30.4. The van der Waals surface area contributed by atoms with Gasteiger partial charge in [-0.25, -0.2) is 9.79 Å². The van der Waals surface area contributed by atoms with E-state index in [4.69, 9.17) is 14.5 Å². The number of Topliss-reactive ketones (excluding diaryl/α,β-unsaturated/α-hetero) is 1. The number of hydrogen-bond donors (Lipinski definition) is 1. The van der Waals surface area contributed by atoms with Crippen LogP contribution in [-0.4, -0.2) is 36.4 Å². The number of thioether (sulfide) groups is 1. The van der Waals surface area contributed by atoms with Gasteiger partial charge < -0.3 is 14.8 Å². The number of ketones is 1. The summed E-state index contributed by atoms with van der Waals surface area (Å²) in [5, 5.41) is 3.76. The number of methoxy groups -OCH3 is 1. The molecule has 6 nitrogen and oxygen atoms in total. The highest BCUT2D eigenvalue weighted by Crippen LogP contribution is 2.34. The van der Waals surface area contributed by atoms with Gasteiger partial charge in [0.25, 0.3) is 0 Å². The van der Waals surface area contributed by atoms with Crippen LogP contribution in [0.25, 0.3) is 11.1 Å². The Balaban J connectivity index is 0.00000380. The highest BCUT2D eigenvalue weighted by atomic mass is 79.9. The largest absolute Gasteiger partial charge is 0.497 e. The Bertz CT molecular complexity index is 1290. The molecule has 0 saturated heterocycles. The zero-order valence-corrected chi connectivity index (χ0v) is 23.4. The van der Waals surface area contributed by atoms with E-state index in [1.807, 2.05) is 85.8 Å². The number of aliphatic imine (C=N–C) groups is 1. The van der Waals surface area contributed by atoms with E-state index in [1.54, 1.807) is 14.0 Å². The average molecular weight is 582 g/mol. The Kier molecular flexibility index (Phi) is 10.1. The molecule has 0 radical (unpaired) electrons. The van der Waals surface area contributed by atoms with Crippen molar-refractivity contribution in [2.45, 2.75) is 19.9 Å². The number of hydrogen-bond acceptors (Lipinski definition) is 7. The van der Waals surface area contributed by atoms with Gasteiger partial charge in [0, 0.05) is 11.3 Å². The van der Waals surface area contributed by atoms with Gasteiger partial charge in [0.1, 0.15) is 11.8 Å². The Labute approximate surface area is 231 Å². The Morgan fingerprint density at radius 1 is 0.946 bits per heavy atom. The van der Waals surface area contributed by atoms with Gasteiger partial charge >= 0.3 is 5.97 Å². The van der Waals surface area contributed by atoms with Gasteiger partial charge in [-0.2, -0.15) is 0 Å². The van der Waals surface area contributed by atoms with Crippen molar-refractivity contribution in [3.05, 3.63) is 101 Å². The van der Waals surface area contributed by atoms with Crippen molar-refractivity contribution in [3.63, 3.8) is 0 Å². The second-order valence-corrected chi connectivity index (χ2v) is 9.11. The number of amidine groups is 1. The van der Waals surface area contributed by atoms with E-state index >= 15 is 0 Å². The molecule has 0 fully saturated rings. The topological polar surface area (TPSA) is 77.0 Å². The number of esters is 1. The number of carbonyl (C=O) groups is 2. The molecule has 0 bridgehead atoms. The molecule has 3 aromatic rings. The van der Waals surface area contributed by atoms with Gasteiger partial charge in [0.2, 0.25) is 0 Å². The monoisotopic (exact) mass is 580 g/mol. The zero-order chi connectivity index (χ0) is 25.5. The van der Waals surface area contributed by atoms with E-state index < -0.39 is 12.0 Å². The second-order valence-electron chi connectivity index (χ2n) is 8.15. The molecule has 1 aliphatic rings. The quantitative estimate of drug-likeness (QED) is 0.245. The van der Waals surface area contributed by atoms with E-state index in [-0.39, 0.29) is 35.1 Å². The molecule has 0 spiro atoms. The fraction of sp³-hybridized carbons (Fsp3) is 0.207. The predicted molar refractivity (Wildman–Crippen MR) is 155 cm³/mol. The van der Waals surface area contributed by atoms with Gasteiger partial charge in [0.05, 0.1) is 25.0 Å². The van der Waals surface area contributed by atoms with Crippen LogP contribution in [0.3, 0.4) is 0 Å². The zero-order valence-electron chi connectivity index (χ0n) is 20.9. The first kappa shape index (κ1) is 28.2. The number of halogens is 1. The molecule has 1 atom stereocenters. The lowest BCUT2D eigenvalue weighted by molar-refractivity contribution is -0.138. The van der Waals surface area contributed by atoms with Crippen molar-refractivity contribution < 1.29 is 19.1 Å². The minimum atomic E-state index is -0.543. The first-order valence-electron chi connectivity index (χ1n) is 11.7. The maximum absolute atomic E-state index is 12.9. The van der Waals surface area contributed by atoms with E-state index in [1.165, 1.54) is 11.8 Å². The van der Waals surface area contributed by atoms with Crippen molar-refractivity contribution in [2.24, 2.45) is 4.99 Å². The third-order valence-electron chi connectivity index (χ3n) is 5.80. The lowest BCUT2D eigenvalue weighted by Gasteiger charge is -2.25. The third kappa shape index (κ3) is 6.90. The third-order valence-corrected chi connectivity index (χ3v) is 6.69. The maximum atomic E-state index is 12.9. The van der Waals surface area contributed by atoms with Crippen LogP contribution in [0, 0.1) is 0 Å². The lowest BCUT2D eigenvalue weighted by Crippen LogP contribution is -2.31. The fourth-order valence-electron chi connectivity index (χ4n) is 3.92. The summed E-state index contributed by atoms with van der Waals surface area (Å²) in [6.07, 6.45) is 0. The molecule has 3 aromatic carbocycles. The molecule has 0 amide bonds. The van der Waals surface area contributed by atoms with Crippen LogP contribution >= 0.6 is 28.7 Å². The molecule has 1 N–H and O–H groups in total. The number of ether oxygens (including phenoxy) is 2. The highest BCUT2D eigenvalue weighted by molar-refractivity contribution is 8.93. The van der Waals surface area contributed by atoms with Crippen molar-refractivity contribution in [3.8, 4) is 16.9 Å². The summed E-state index contributed by atoms with van der Waals surface area (Å²) in [6.45, 7) is 3.87. The minimum absolute atomic E-state index is 0. The van der Waals surface area contributed by atoms with Gasteiger partial charge in [-0.3, -0.25) is 4.79 Å². The number of nitrogens with one attached hydrogen (secondary N) is 1. The van der Waals surface area contributed by atoms with Crippen molar-refractivity contribution >= 4 is 45.7 Å².